The number of hydrogen-bond donors (Lipinski definition) is 0. The standard InChI is InChI=1S/C20H19ClN2O2/c1-3-11-25-19-10-5-4-7-15(19)12-18-14(2)22-23(20(18)24)17-9-6-8-16(21)13-17/h4-10,12-13H,3,11H2,1-2H3/b18-12+. The number of nitrogens with zero attached hydrogens (tertiary/aromatic N) is 2. The summed E-state index contributed by atoms with van der Waals surface area (Å²) in [5, 5.41) is 6.32. The zero-order chi connectivity index (χ0) is 17.8. The van der Waals surface area contributed by atoms with Crippen LogP contribution in [0.2, 0.25) is 5.02 Å². The van der Waals surface area contributed by atoms with Gasteiger partial charge in [0, 0.05) is 10.6 Å². The number of ether oxygens (including phenoxy) is 1. The van der Waals surface area contributed by atoms with Crippen LogP contribution >= 0.6 is 11.6 Å². The van der Waals surface area contributed by atoms with E-state index in [4.69, 9.17) is 16.3 Å². The number of halogens is 1. The fourth-order valence-electron chi connectivity index (χ4n) is 2.57. The van der Waals surface area contributed by atoms with Crippen LogP contribution in [0.5, 0.6) is 5.75 Å². The van der Waals surface area contributed by atoms with Crippen LogP contribution in [0.3, 0.4) is 0 Å². The second kappa shape index (κ2) is 7.53. The van der Waals surface area contributed by atoms with Gasteiger partial charge in [-0.05, 0) is 43.7 Å². The zero-order valence-corrected chi connectivity index (χ0v) is 15.0. The summed E-state index contributed by atoms with van der Waals surface area (Å²) in [6.07, 6.45) is 2.75. The van der Waals surface area contributed by atoms with Crippen molar-refractivity contribution in [2.24, 2.45) is 5.10 Å². The van der Waals surface area contributed by atoms with Gasteiger partial charge in [-0.25, -0.2) is 0 Å². The van der Waals surface area contributed by atoms with Crippen LogP contribution in [0, 0.1) is 0 Å². The van der Waals surface area contributed by atoms with Crippen molar-refractivity contribution in [1.82, 2.24) is 0 Å². The second-order valence-corrected chi connectivity index (χ2v) is 6.16. The molecule has 25 heavy (non-hydrogen) atoms. The first kappa shape index (κ1) is 17.2. The number of hydrazone groups is 1. The summed E-state index contributed by atoms with van der Waals surface area (Å²) in [6.45, 7) is 4.51. The molecule has 3 rings (SSSR count). The predicted molar refractivity (Wildman–Crippen MR) is 102 cm³/mol. The summed E-state index contributed by atoms with van der Waals surface area (Å²) in [7, 11) is 0. The Kier molecular flexibility index (Phi) is 5.19. The van der Waals surface area contributed by atoms with E-state index < -0.39 is 0 Å². The Morgan fingerprint density at radius 3 is 2.76 bits per heavy atom. The van der Waals surface area contributed by atoms with Gasteiger partial charge in [0.25, 0.3) is 5.91 Å². The van der Waals surface area contributed by atoms with E-state index in [1.54, 1.807) is 18.2 Å². The highest BCUT2D eigenvalue weighted by Gasteiger charge is 2.29. The molecule has 0 aliphatic carbocycles. The van der Waals surface area contributed by atoms with Crippen molar-refractivity contribution >= 4 is 35.0 Å². The highest BCUT2D eigenvalue weighted by atomic mass is 35.5. The Hall–Kier alpha value is -2.59. The van der Waals surface area contributed by atoms with Crippen LogP contribution in [-0.4, -0.2) is 18.2 Å². The molecular weight excluding hydrogens is 336 g/mol. The van der Waals surface area contributed by atoms with Crippen LogP contribution in [0.25, 0.3) is 6.08 Å². The first-order chi connectivity index (χ1) is 12.1. The second-order valence-electron chi connectivity index (χ2n) is 5.73. The Bertz CT molecular complexity index is 858. The van der Waals surface area contributed by atoms with Gasteiger partial charge in [0.05, 0.1) is 23.6 Å². The summed E-state index contributed by atoms with van der Waals surface area (Å²) >= 11 is 6.03. The summed E-state index contributed by atoms with van der Waals surface area (Å²) < 4.78 is 5.77. The molecule has 0 atom stereocenters. The largest absolute Gasteiger partial charge is 0.493 e. The maximum Gasteiger partial charge on any atom is 0.280 e. The Labute approximate surface area is 152 Å². The van der Waals surface area contributed by atoms with E-state index in [9.17, 15) is 4.79 Å². The normalized spacial score (nSPS) is 15.6. The van der Waals surface area contributed by atoms with Gasteiger partial charge < -0.3 is 4.74 Å². The van der Waals surface area contributed by atoms with Crippen LogP contribution < -0.4 is 9.75 Å². The van der Waals surface area contributed by atoms with Crippen molar-refractivity contribution < 1.29 is 9.53 Å². The lowest BCUT2D eigenvalue weighted by Crippen LogP contribution is -2.21. The minimum absolute atomic E-state index is 0.176. The van der Waals surface area contributed by atoms with Gasteiger partial charge in [0.15, 0.2) is 0 Å². The molecule has 0 radical (unpaired) electrons. The summed E-state index contributed by atoms with van der Waals surface area (Å²) in [4.78, 5) is 12.8. The smallest absolute Gasteiger partial charge is 0.280 e. The van der Waals surface area contributed by atoms with Crippen molar-refractivity contribution in [1.29, 1.82) is 0 Å². The van der Waals surface area contributed by atoms with Crippen molar-refractivity contribution in [2.75, 3.05) is 11.6 Å². The maximum atomic E-state index is 12.8. The molecular formula is C20H19ClN2O2. The fraction of sp³-hybridized carbons (Fsp3) is 0.200. The van der Waals surface area contributed by atoms with Crippen LogP contribution in [0.15, 0.2) is 59.2 Å². The first-order valence-corrected chi connectivity index (χ1v) is 8.57. The molecule has 128 valence electrons. The minimum atomic E-state index is -0.176. The minimum Gasteiger partial charge on any atom is -0.493 e. The molecule has 0 unspecified atom stereocenters. The van der Waals surface area contributed by atoms with E-state index >= 15 is 0 Å². The molecule has 1 aliphatic rings. The average molecular weight is 355 g/mol. The molecule has 2 aromatic rings. The van der Waals surface area contributed by atoms with Gasteiger partial charge in [0.1, 0.15) is 5.75 Å². The van der Waals surface area contributed by atoms with E-state index in [2.05, 4.69) is 12.0 Å². The molecule has 0 N–H and O–H groups in total. The van der Waals surface area contributed by atoms with Gasteiger partial charge in [-0.2, -0.15) is 10.1 Å². The third-order valence-electron chi connectivity index (χ3n) is 3.80. The molecule has 1 amide bonds. The summed E-state index contributed by atoms with van der Waals surface area (Å²) in [6, 6.07) is 14.8. The molecule has 4 nitrogen and oxygen atoms in total. The van der Waals surface area contributed by atoms with Gasteiger partial charge in [-0.3, -0.25) is 4.79 Å². The van der Waals surface area contributed by atoms with Gasteiger partial charge in [-0.15, -0.1) is 0 Å². The monoisotopic (exact) mass is 354 g/mol. The molecule has 0 fully saturated rings. The van der Waals surface area contributed by atoms with Gasteiger partial charge in [0.2, 0.25) is 0 Å². The Morgan fingerprint density at radius 2 is 2.00 bits per heavy atom. The summed E-state index contributed by atoms with van der Waals surface area (Å²) in [5.41, 5.74) is 2.72. The third-order valence-corrected chi connectivity index (χ3v) is 4.03. The maximum absolute atomic E-state index is 12.8. The van der Waals surface area contributed by atoms with E-state index in [-0.39, 0.29) is 5.91 Å². The Balaban J connectivity index is 1.93. The molecule has 2 aromatic carbocycles. The Morgan fingerprint density at radius 1 is 1.20 bits per heavy atom. The molecule has 1 heterocycles. The van der Waals surface area contributed by atoms with Crippen molar-refractivity contribution in [3.63, 3.8) is 0 Å². The lowest BCUT2D eigenvalue weighted by Gasteiger charge is -2.12. The predicted octanol–water partition coefficient (Wildman–Crippen LogP) is 4.93. The van der Waals surface area contributed by atoms with Crippen molar-refractivity contribution in [3.05, 3.63) is 64.7 Å². The van der Waals surface area contributed by atoms with E-state index in [1.807, 2.05) is 43.3 Å². The number of hydrogen-bond acceptors (Lipinski definition) is 3. The van der Waals surface area contributed by atoms with Crippen LogP contribution in [0.1, 0.15) is 25.8 Å². The first-order valence-electron chi connectivity index (χ1n) is 8.19. The van der Waals surface area contributed by atoms with Crippen LogP contribution in [-0.2, 0) is 4.79 Å². The zero-order valence-electron chi connectivity index (χ0n) is 14.2. The van der Waals surface area contributed by atoms with Crippen LogP contribution in [0.4, 0.5) is 5.69 Å². The third kappa shape index (κ3) is 3.74. The molecule has 1 aliphatic heterocycles. The lowest BCUT2D eigenvalue weighted by molar-refractivity contribution is -0.114. The number of benzene rings is 2. The van der Waals surface area contributed by atoms with Gasteiger partial charge in [-0.1, -0.05) is 42.8 Å². The SMILES string of the molecule is CCCOc1ccccc1/C=C1/C(=O)N(c2cccc(Cl)c2)N=C1C. The highest BCUT2D eigenvalue weighted by Crippen LogP contribution is 2.28. The molecule has 0 spiro atoms. The van der Waals surface area contributed by atoms with Gasteiger partial charge >= 0.3 is 0 Å². The number of amides is 1. The molecule has 0 aromatic heterocycles. The number of anilines is 1. The van der Waals surface area contributed by atoms with E-state index in [1.165, 1.54) is 5.01 Å². The van der Waals surface area contributed by atoms with E-state index in [0.717, 1.165) is 17.7 Å². The highest BCUT2D eigenvalue weighted by molar-refractivity contribution is 6.33. The number of carbonyl (C=O) groups excluding carboxylic acids is 1. The van der Waals surface area contributed by atoms with E-state index in [0.29, 0.717) is 28.6 Å². The fourth-order valence-corrected chi connectivity index (χ4v) is 2.75. The molecule has 0 saturated heterocycles. The average Bonchev–Trinajstić information content (AvgIpc) is 2.89. The number of rotatable bonds is 5. The number of para-hydroxylation sites is 1. The summed E-state index contributed by atoms with van der Waals surface area (Å²) in [5.74, 6) is 0.587. The topological polar surface area (TPSA) is 41.9 Å². The number of carbonyl (C=O) groups is 1. The quantitative estimate of drug-likeness (QED) is 0.714. The molecule has 0 saturated carbocycles. The van der Waals surface area contributed by atoms with Crippen molar-refractivity contribution in [3.8, 4) is 5.75 Å². The lowest BCUT2D eigenvalue weighted by atomic mass is 10.1. The molecule has 0 bridgehead atoms. The van der Waals surface area contributed by atoms with Crippen molar-refractivity contribution in [2.45, 2.75) is 20.3 Å². The molecule has 5 heteroatoms.